The van der Waals surface area contributed by atoms with E-state index in [-0.39, 0.29) is 5.91 Å². The highest BCUT2D eigenvalue weighted by Crippen LogP contribution is 2.21. The molecule has 2 rings (SSSR count). The normalized spacial score (nSPS) is 11.4. The summed E-state index contributed by atoms with van der Waals surface area (Å²) in [6.07, 6.45) is 2.38. The Kier molecular flexibility index (Phi) is 4.77. The molecule has 0 fully saturated rings. The number of anilines is 1. The summed E-state index contributed by atoms with van der Waals surface area (Å²) in [5, 5.41) is 7.04. The molecule has 1 heterocycles. The summed E-state index contributed by atoms with van der Waals surface area (Å²) in [7, 11) is 0. The molecule has 1 aromatic carbocycles. The van der Waals surface area contributed by atoms with Gasteiger partial charge in [0.05, 0.1) is 6.54 Å². The van der Waals surface area contributed by atoms with Crippen LogP contribution in [0.2, 0.25) is 0 Å². The number of hydrogen-bond donors (Lipinski definition) is 1. The van der Waals surface area contributed by atoms with Gasteiger partial charge in [0.25, 0.3) is 0 Å². The summed E-state index contributed by atoms with van der Waals surface area (Å²) in [5.74, 6) is 0.282. The van der Waals surface area contributed by atoms with Crippen molar-refractivity contribution < 1.29 is 4.79 Å². The Morgan fingerprint density at radius 2 is 2.00 bits per heavy atom. The predicted molar refractivity (Wildman–Crippen MR) is 86.0 cm³/mol. The minimum atomic E-state index is -0.419. The van der Waals surface area contributed by atoms with Gasteiger partial charge in [-0.05, 0) is 24.1 Å². The molecular formula is C15H19BrN4O. The fraction of sp³-hybridized carbons (Fsp3) is 0.400. The highest BCUT2D eigenvalue weighted by atomic mass is 79.9. The number of amides is 1. The summed E-state index contributed by atoms with van der Waals surface area (Å²) in [4.78, 5) is 16.2. The van der Waals surface area contributed by atoms with E-state index in [9.17, 15) is 4.79 Å². The van der Waals surface area contributed by atoms with Crippen molar-refractivity contribution in [3.05, 3.63) is 40.6 Å². The molecule has 0 spiro atoms. The molecule has 0 atom stereocenters. The maximum atomic E-state index is 12.1. The van der Waals surface area contributed by atoms with Crippen molar-refractivity contribution in [2.75, 3.05) is 5.32 Å². The number of carbonyl (C=O) groups excluding carboxylic acids is 1. The summed E-state index contributed by atoms with van der Waals surface area (Å²) in [5.41, 5.74) is 0.701. The van der Waals surface area contributed by atoms with Gasteiger partial charge in [-0.1, -0.05) is 48.8 Å². The molecule has 1 aromatic heterocycles. The topological polar surface area (TPSA) is 59.8 Å². The van der Waals surface area contributed by atoms with Crippen LogP contribution in [-0.4, -0.2) is 20.7 Å². The van der Waals surface area contributed by atoms with Gasteiger partial charge in [0.1, 0.15) is 6.33 Å². The lowest BCUT2D eigenvalue weighted by molar-refractivity contribution is -0.124. The van der Waals surface area contributed by atoms with Gasteiger partial charge in [0.15, 0.2) is 0 Å². The fourth-order valence-electron chi connectivity index (χ4n) is 1.64. The largest absolute Gasteiger partial charge is 0.293 e. The van der Waals surface area contributed by atoms with Crippen molar-refractivity contribution in [1.82, 2.24) is 14.8 Å². The first kappa shape index (κ1) is 15.7. The molecule has 0 aliphatic heterocycles. The van der Waals surface area contributed by atoms with Crippen LogP contribution in [0.1, 0.15) is 32.8 Å². The Hall–Kier alpha value is -1.69. The van der Waals surface area contributed by atoms with E-state index in [2.05, 4.69) is 31.3 Å². The van der Waals surface area contributed by atoms with Gasteiger partial charge in [0.2, 0.25) is 11.9 Å². The highest BCUT2D eigenvalue weighted by molar-refractivity contribution is 9.10. The van der Waals surface area contributed by atoms with Gasteiger partial charge in [-0.3, -0.25) is 10.1 Å². The fourth-order valence-corrected chi connectivity index (χ4v) is 1.90. The van der Waals surface area contributed by atoms with Gasteiger partial charge < -0.3 is 0 Å². The van der Waals surface area contributed by atoms with Crippen LogP contribution in [0.4, 0.5) is 5.95 Å². The average Bonchev–Trinajstić information content (AvgIpc) is 2.88. The Bertz CT molecular complexity index is 619. The number of hydrogen-bond acceptors (Lipinski definition) is 3. The van der Waals surface area contributed by atoms with Crippen LogP contribution in [0.25, 0.3) is 0 Å². The molecule has 0 unspecified atom stereocenters. The lowest BCUT2D eigenvalue weighted by atomic mass is 9.89. The molecule has 0 bridgehead atoms. The van der Waals surface area contributed by atoms with Crippen LogP contribution in [0.3, 0.4) is 0 Å². The van der Waals surface area contributed by atoms with Gasteiger partial charge >= 0.3 is 0 Å². The van der Waals surface area contributed by atoms with Crippen molar-refractivity contribution in [3.63, 3.8) is 0 Å². The van der Waals surface area contributed by atoms with E-state index in [1.165, 1.54) is 0 Å². The molecule has 2 aromatic rings. The van der Waals surface area contributed by atoms with E-state index < -0.39 is 5.41 Å². The number of rotatable bonds is 5. The Morgan fingerprint density at radius 3 is 2.62 bits per heavy atom. The first-order valence-corrected chi connectivity index (χ1v) is 7.65. The van der Waals surface area contributed by atoms with Crippen LogP contribution in [-0.2, 0) is 11.3 Å². The molecule has 0 aliphatic carbocycles. The highest BCUT2D eigenvalue weighted by Gasteiger charge is 2.26. The number of benzene rings is 1. The van der Waals surface area contributed by atoms with Gasteiger partial charge in [-0.15, -0.1) is 5.10 Å². The minimum absolute atomic E-state index is 0.0635. The van der Waals surface area contributed by atoms with Crippen molar-refractivity contribution in [1.29, 1.82) is 0 Å². The Labute approximate surface area is 132 Å². The quantitative estimate of drug-likeness (QED) is 0.897. The summed E-state index contributed by atoms with van der Waals surface area (Å²) in [6.45, 7) is 6.41. The zero-order valence-electron chi connectivity index (χ0n) is 12.4. The molecule has 6 heteroatoms. The molecule has 21 heavy (non-hydrogen) atoms. The lowest BCUT2D eigenvalue weighted by Gasteiger charge is -2.19. The number of carbonyl (C=O) groups is 1. The van der Waals surface area contributed by atoms with E-state index in [0.29, 0.717) is 12.5 Å². The molecule has 0 saturated carbocycles. The number of nitrogens with zero attached hydrogens (tertiary/aromatic N) is 3. The van der Waals surface area contributed by atoms with E-state index in [1.807, 2.05) is 45.0 Å². The van der Waals surface area contributed by atoms with E-state index in [4.69, 9.17) is 0 Å². The van der Waals surface area contributed by atoms with Crippen molar-refractivity contribution in [3.8, 4) is 0 Å². The van der Waals surface area contributed by atoms with E-state index in [1.54, 1.807) is 11.0 Å². The van der Waals surface area contributed by atoms with Crippen LogP contribution < -0.4 is 5.32 Å². The third-order valence-electron chi connectivity index (χ3n) is 3.52. The number of halogens is 1. The average molecular weight is 351 g/mol. The van der Waals surface area contributed by atoms with E-state index in [0.717, 1.165) is 16.5 Å². The molecule has 112 valence electrons. The molecule has 0 saturated heterocycles. The minimum Gasteiger partial charge on any atom is -0.293 e. The smallest absolute Gasteiger partial charge is 0.248 e. The zero-order chi connectivity index (χ0) is 15.5. The van der Waals surface area contributed by atoms with Gasteiger partial charge in [-0.25, -0.2) is 9.67 Å². The first-order valence-electron chi connectivity index (χ1n) is 6.86. The standard InChI is InChI=1S/C15H19BrN4O/c1-4-15(2,3)13(21)18-14-17-10-20(19-14)9-11-5-7-12(16)8-6-11/h5-8,10H,4,9H2,1-3H3,(H,18,19,21). The molecular weight excluding hydrogens is 332 g/mol. The second-order valence-electron chi connectivity index (χ2n) is 5.58. The van der Waals surface area contributed by atoms with Crippen LogP contribution >= 0.6 is 15.9 Å². The maximum absolute atomic E-state index is 12.1. The summed E-state index contributed by atoms with van der Waals surface area (Å²) < 4.78 is 2.75. The van der Waals surface area contributed by atoms with Crippen LogP contribution in [0.5, 0.6) is 0 Å². The third kappa shape index (κ3) is 4.14. The number of nitrogens with one attached hydrogen (secondary N) is 1. The zero-order valence-corrected chi connectivity index (χ0v) is 14.0. The molecule has 0 aliphatic rings. The molecule has 1 N–H and O–H groups in total. The van der Waals surface area contributed by atoms with Crippen LogP contribution in [0, 0.1) is 5.41 Å². The summed E-state index contributed by atoms with van der Waals surface area (Å²) in [6, 6.07) is 8.01. The predicted octanol–water partition coefficient (Wildman–Crippen LogP) is 3.46. The first-order chi connectivity index (χ1) is 9.90. The lowest BCUT2D eigenvalue weighted by Crippen LogP contribution is -2.30. The molecule has 5 nitrogen and oxygen atoms in total. The maximum Gasteiger partial charge on any atom is 0.248 e. The van der Waals surface area contributed by atoms with Crippen LogP contribution in [0.15, 0.2) is 35.1 Å². The Balaban J connectivity index is 2.01. The third-order valence-corrected chi connectivity index (χ3v) is 4.05. The van der Waals surface area contributed by atoms with E-state index >= 15 is 0 Å². The Morgan fingerprint density at radius 1 is 1.33 bits per heavy atom. The van der Waals surface area contributed by atoms with Gasteiger partial charge in [0, 0.05) is 9.89 Å². The second kappa shape index (κ2) is 6.39. The van der Waals surface area contributed by atoms with Crippen molar-refractivity contribution >= 4 is 27.8 Å². The van der Waals surface area contributed by atoms with Crippen molar-refractivity contribution in [2.45, 2.75) is 33.7 Å². The summed E-state index contributed by atoms with van der Waals surface area (Å²) >= 11 is 3.41. The molecule has 1 amide bonds. The van der Waals surface area contributed by atoms with Gasteiger partial charge in [-0.2, -0.15) is 0 Å². The number of aromatic nitrogens is 3. The monoisotopic (exact) mass is 350 g/mol. The van der Waals surface area contributed by atoms with Crippen molar-refractivity contribution in [2.24, 2.45) is 5.41 Å². The second-order valence-corrected chi connectivity index (χ2v) is 6.50. The molecule has 0 radical (unpaired) electrons. The SMILES string of the molecule is CCC(C)(C)C(=O)Nc1ncn(Cc2ccc(Br)cc2)n1.